The Balaban J connectivity index is 0.000000220. The number of nitrogens with one attached hydrogen (secondary N) is 1. The number of para-hydroxylation sites is 2. The topological polar surface area (TPSA) is 51.0 Å². The Labute approximate surface area is 281 Å². The van der Waals surface area contributed by atoms with Crippen molar-refractivity contribution < 1.29 is 24.5 Å². The molecule has 46 heavy (non-hydrogen) atoms. The maximum Gasteiger partial charge on any atom is 0.143 e. The number of pyridine rings is 2. The summed E-state index contributed by atoms with van der Waals surface area (Å²) in [5.41, 5.74) is 13.6. The van der Waals surface area contributed by atoms with Crippen LogP contribution in [0.3, 0.4) is 0 Å². The SMILES string of the molecule is Cc1c2cc3c(oc4ccccc43)c1-c1ccccc1Nc1c[c-]c(-c3ccccn3)cc1-2.[Ir].[c-]1ccccc1-c1ccccn1. The summed E-state index contributed by atoms with van der Waals surface area (Å²) in [5, 5.41) is 5.94. The Bertz CT molecular complexity index is 2260. The smallest absolute Gasteiger partial charge is 0.143 e. The Hall–Kier alpha value is -5.35. The van der Waals surface area contributed by atoms with Crippen LogP contribution in [0.15, 0.2) is 144 Å². The third kappa shape index (κ3) is 5.30. The molecular formula is C41H27IrN3O-2. The predicted octanol–water partition coefficient (Wildman–Crippen LogP) is 10.7. The van der Waals surface area contributed by atoms with E-state index in [4.69, 9.17) is 4.42 Å². The standard InChI is InChI=1S/C30H19N2O.C11H8N.Ir/c1-18-22-17-24-20-8-3-5-12-28(20)33-30(24)29(18)21-9-2-4-11-26(21)32-27-14-13-19(16-23(22)27)25-10-6-7-15-31-25;1-2-6-10(7-3-1)11-8-4-5-9-12-11;/h2-12,14-17,32H,1H3;1-6,8-9H;/q2*-1;. The molecule has 1 aliphatic heterocycles. The average molecular weight is 770 g/mol. The molecule has 4 heterocycles. The van der Waals surface area contributed by atoms with Gasteiger partial charge in [-0.05, 0) is 65.5 Å². The van der Waals surface area contributed by atoms with Crippen molar-refractivity contribution in [3.05, 3.63) is 157 Å². The van der Waals surface area contributed by atoms with E-state index in [1.807, 2.05) is 85.1 Å². The summed E-state index contributed by atoms with van der Waals surface area (Å²) >= 11 is 0. The summed E-state index contributed by atoms with van der Waals surface area (Å²) in [6.07, 6.45) is 3.61. The van der Waals surface area contributed by atoms with Gasteiger partial charge in [-0.1, -0.05) is 66.2 Å². The Kier molecular flexibility index (Phi) is 8.02. The molecule has 0 saturated carbocycles. The summed E-state index contributed by atoms with van der Waals surface area (Å²) in [5.74, 6) is 0. The maximum absolute atomic E-state index is 6.43. The number of aromatic nitrogens is 2. The number of furan rings is 1. The first-order valence-electron chi connectivity index (χ1n) is 14.9. The fourth-order valence-corrected chi connectivity index (χ4v) is 6.07. The van der Waals surface area contributed by atoms with Crippen molar-refractivity contribution in [3.63, 3.8) is 0 Å². The molecule has 1 radical (unpaired) electrons. The van der Waals surface area contributed by atoms with E-state index in [0.717, 1.165) is 72.5 Å². The van der Waals surface area contributed by atoms with Crippen LogP contribution >= 0.6 is 0 Å². The van der Waals surface area contributed by atoms with Gasteiger partial charge in [-0.15, -0.1) is 59.7 Å². The van der Waals surface area contributed by atoms with Crippen molar-refractivity contribution in [2.24, 2.45) is 0 Å². The van der Waals surface area contributed by atoms with Gasteiger partial charge in [0.1, 0.15) is 11.2 Å². The average Bonchev–Trinajstić information content (AvgIpc) is 3.48. The zero-order valence-corrected chi connectivity index (χ0v) is 27.3. The van der Waals surface area contributed by atoms with Gasteiger partial charge >= 0.3 is 0 Å². The van der Waals surface area contributed by atoms with Crippen LogP contribution in [-0.2, 0) is 20.1 Å². The van der Waals surface area contributed by atoms with E-state index in [-0.39, 0.29) is 20.1 Å². The van der Waals surface area contributed by atoms with Gasteiger partial charge in [-0.25, -0.2) is 0 Å². The van der Waals surface area contributed by atoms with Crippen LogP contribution in [0.2, 0.25) is 0 Å². The van der Waals surface area contributed by atoms with Crippen LogP contribution in [0.1, 0.15) is 5.56 Å². The quantitative estimate of drug-likeness (QED) is 0.178. The van der Waals surface area contributed by atoms with E-state index < -0.39 is 0 Å². The van der Waals surface area contributed by atoms with Gasteiger partial charge in [0.25, 0.3) is 0 Å². The maximum atomic E-state index is 6.43. The molecule has 0 unspecified atom stereocenters. The van der Waals surface area contributed by atoms with Crippen LogP contribution in [0.25, 0.3) is 66.7 Å². The van der Waals surface area contributed by atoms with Crippen molar-refractivity contribution >= 4 is 33.3 Å². The van der Waals surface area contributed by atoms with E-state index in [9.17, 15) is 0 Å². The first-order valence-corrected chi connectivity index (χ1v) is 14.9. The van der Waals surface area contributed by atoms with Gasteiger partial charge in [-0.3, -0.25) is 0 Å². The van der Waals surface area contributed by atoms with Crippen molar-refractivity contribution in [1.29, 1.82) is 0 Å². The summed E-state index contributed by atoms with van der Waals surface area (Å²) in [4.78, 5) is 8.76. The van der Waals surface area contributed by atoms with Crippen LogP contribution in [0.5, 0.6) is 0 Å². The zero-order chi connectivity index (χ0) is 30.2. The van der Waals surface area contributed by atoms with E-state index in [1.165, 1.54) is 11.1 Å². The van der Waals surface area contributed by atoms with Crippen LogP contribution in [0, 0.1) is 19.1 Å². The molecule has 4 nitrogen and oxygen atoms in total. The molecule has 0 amide bonds. The van der Waals surface area contributed by atoms with Gasteiger partial charge in [0.05, 0.1) is 0 Å². The van der Waals surface area contributed by atoms with Gasteiger partial charge in [0.2, 0.25) is 0 Å². The number of fused-ring (bicyclic) bond motifs is 10. The zero-order valence-electron chi connectivity index (χ0n) is 24.9. The second-order valence-electron chi connectivity index (χ2n) is 10.9. The molecule has 0 saturated heterocycles. The largest absolute Gasteiger partial charge is 0.455 e. The summed E-state index contributed by atoms with van der Waals surface area (Å²) in [6.45, 7) is 2.19. The first kappa shape index (κ1) is 29.4. The van der Waals surface area contributed by atoms with E-state index in [2.05, 4.69) is 82.9 Å². The van der Waals surface area contributed by atoms with Crippen LogP contribution in [0.4, 0.5) is 11.4 Å². The minimum absolute atomic E-state index is 0. The number of benzene rings is 5. The molecular weight excluding hydrogens is 743 g/mol. The fraction of sp³-hybridized carbons (Fsp3) is 0.0244. The minimum atomic E-state index is 0. The van der Waals surface area contributed by atoms with Crippen molar-refractivity contribution in [1.82, 2.24) is 9.97 Å². The Morgan fingerprint density at radius 3 is 2.09 bits per heavy atom. The van der Waals surface area contributed by atoms with Gasteiger partial charge < -0.3 is 19.7 Å². The summed E-state index contributed by atoms with van der Waals surface area (Å²) in [6, 6.07) is 49.4. The molecule has 8 aromatic rings. The van der Waals surface area contributed by atoms with Crippen LogP contribution < -0.4 is 5.32 Å². The fourth-order valence-electron chi connectivity index (χ4n) is 6.07. The first-order chi connectivity index (χ1) is 22.2. The number of hydrogen-bond donors (Lipinski definition) is 1. The van der Waals surface area contributed by atoms with Gasteiger partial charge in [0.15, 0.2) is 0 Å². The van der Waals surface area contributed by atoms with E-state index in [0.29, 0.717) is 0 Å². The molecule has 0 fully saturated rings. The van der Waals surface area contributed by atoms with Gasteiger partial charge in [0, 0.05) is 60.1 Å². The van der Waals surface area contributed by atoms with E-state index >= 15 is 0 Å². The second-order valence-corrected chi connectivity index (χ2v) is 10.9. The minimum Gasteiger partial charge on any atom is -0.455 e. The number of hydrogen-bond acceptors (Lipinski definition) is 4. The molecule has 9 rings (SSSR count). The predicted molar refractivity (Wildman–Crippen MR) is 183 cm³/mol. The molecule has 5 aromatic carbocycles. The Morgan fingerprint density at radius 2 is 1.33 bits per heavy atom. The summed E-state index contributed by atoms with van der Waals surface area (Å²) < 4.78 is 6.43. The molecule has 0 aliphatic carbocycles. The van der Waals surface area contributed by atoms with Crippen LogP contribution in [-0.4, -0.2) is 9.97 Å². The molecule has 1 aliphatic rings. The number of anilines is 2. The van der Waals surface area contributed by atoms with Gasteiger partial charge in [-0.2, -0.15) is 0 Å². The molecule has 1 N–H and O–H groups in total. The monoisotopic (exact) mass is 770 g/mol. The molecule has 3 aromatic heterocycles. The van der Waals surface area contributed by atoms with Crippen molar-refractivity contribution in [3.8, 4) is 44.8 Å². The third-order valence-corrected chi connectivity index (χ3v) is 8.23. The molecule has 5 heteroatoms. The molecule has 223 valence electrons. The normalized spacial score (nSPS) is 11.2. The molecule has 2 bridgehead atoms. The number of rotatable bonds is 2. The van der Waals surface area contributed by atoms with Crippen molar-refractivity contribution in [2.75, 3.05) is 5.32 Å². The van der Waals surface area contributed by atoms with E-state index in [1.54, 1.807) is 6.20 Å². The molecule has 0 atom stereocenters. The van der Waals surface area contributed by atoms with Crippen molar-refractivity contribution in [2.45, 2.75) is 6.92 Å². The summed E-state index contributed by atoms with van der Waals surface area (Å²) in [7, 11) is 0. The number of nitrogens with zero attached hydrogens (tertiary/aromatic N) is 2. The third-order valence-electron chi connectivity index (χ3n) is 8.23. The molecule has 0 spiro atoms. The Morgan fingerprint density at radius 1 is 0.609 bits per heavy atom. The second kappa shape index (κ2) is 12.6.